The van der Waals surface area contributed by atoms with Crippen LogP contribution in [0.4, 0.5) is 11.4 Å². The average Bonchev–Trinajstić information content (AvgIpc) is 2.59. The summed E-state index contributed by atoms with van der Waals surface area (Å²) in [6, 6.07) is 11.9. The number of aryl methyl sites for hydroxylation is 1. The van der Waals surface area contributed by atoms with Crippen LogP contribution >= 0.6 is 11.6 Å². The Hall–Kier alpha value is -2.25. The molecular weight excluding hydrogens is 376 g/mol. The highest BCUT2D eigenvalue weighted by molar-refractivity contribution is 7.92. The molecule has 0 atom stereocenters. The van der Waals surface area contributed by atoms with Crippen LogP contribution in [0.5, 0.6) is 5.75 Å². The Morgan fingerprint density at radius 3 is 2.50 bits per heavy atom. The fourth-order valence-corrected chi connectivity index (χ4v) is 3.65. The van der Waals surface area contributed by atoms with Gasteiger partial charge in [0.1, 0.15) is 12.3 Å². The van der Waals surface area contributed by atoms with E-state index in [-0.39, 0.29) is 6.54 Å². The first-order valence-corrected chi connectivity index (χ1v) is 10.2. The number of hydrogen-bond acceptors (Lipinski definition) is 4. The summed E-state index contributed by atoms with van der Waals surface area (Å²) in [7, 11) is -2.14. The van der Waals surface area contributed by atoms with Crippen molar-refractivity contribution in [2.45, 2.75) is 13.3 Å². The largest absolute Gasteiger partial charge is 0.495 e. The highest BCUT2D eigenvalue weighted by Crippen LogP contribution is 2.27. The molecular formula is C18H21ClN2O4S. The van der Waals surface area contributed by atoms with Gasteiger partial charge in [-0.1, -0.05) is 36.7 Å². The Kier molecular flexibility index (Phi) is 6.50. The smallest absolute Gasteiger partial charge is 0.245 e. The highest BCUT2D eigenvalue weighted by atomic mass is 35.5. The second-order valence-corrected chi connectivity index (χ2v) is 7.96. The lowest BCUT2D eigenvalue weighted by Gasteiger charge is -2.24. The van der Waals surface area contributed by atoms with E-state index < -0.39 is 15.9 Å². The topological polar surface area (TPSA) is 75.7 Å². The number of carbonyl (C=O) groups is 1. The number of rotatable bonds is 7. The molecule has 1 N–H and O–H groups in total. The van der Waals surface area contributed by atoms with Crippen molar-refractivity contribution in [2.75, 3.05) is 29.5 Å². The number of hydrogen-bond donors (Lipinski definition) is 1. The molecule has 0 fully saturated rings. The summed E-state index contributed by atoms with van der Waals surface area (Å²) >= 11 is 6.04. The van der Waals surface area contributed by atoms with Crippen LogP contribution in [0.25, 0.3) is 0 Å². The number of carbonyl (C=O) groups excluding carboxylic acids is 1. The standard InChI is InChI=1S/C18H21ClN2O4S/c1-4-13-7-5-6-8-16(13)21(26(3,23)24)12-18(22)20-14-9-10-17(25-2)15(19)11-14/h5-11H,4,12H2,1-3H3,(H,20,22). The molecule has 2 rings (SSSR count). The number of sulfonamides is 1. The Labute approximate surface area is 158 Å². The zero-order valence-electron chi connectivity index (χ0n) is 14.8. The van der Waals surface area contributed by atoms with Crippen molar-refractivity contribution < 1.29 is 17.9 Å². The molecule has 0 aromatic heterocycles. The molecule has 0 aliphatic rings. The van der Waals surface area contributed by atoms with E-state index in [1.165, 1.54) is 7.11 Å². The highest BCUT2D eigenvalue weighted by Gasteiger charge is 2.22. The summed E-state index contributed by atoms with van der Waals surface area (Å²) in [5.41, 5.74) is 1.80. The molecule has 0 bridgehead atoms. The van der Waals surface area contributed by atoms with Crippen LogP contribution in [0.3, 0.4) is 0 Å². The molecule has 0 heterocycles. The molecule has 0 saturated carbocycles. The zero-order valence-corrected chi connectivity index (χ0v) is 16.4. The van der Waals surface area contributed by atoms with E-state index in [2.05, 4.69) is 5.32 Å². The number of methoxy groups -OCH3 is 1. The monoisotopic (exact) mass is 396 g/mol. The summed E-state index contributed by atoms with van der Waals surface area (Å²) in [6.07, 6.45) is 1.73. The Balaban J connectivity index is 2.24. The number of anilines is 2. The van der Waals surface area contributed by atoms with Crippen molar-refractivity contribution in [1.29, 1.82) is 0 Å². The SMILES string of the molecule is CCc1ccccc1N(CC(=O)Nc1ccc(OC)c(Cl)c1)S(C)(=O)=O. The minimum Gasteiger partial charge on any atom is -0.495 e. The van der Waals surface area contributed by atoms with Crippen LogP contribution in [-0.4, -0.2) is 34.2 Å². The van der Waals surface area contributed by atoms with E-state index in [9.17, 15) is 13.2 Å². The molecule has 0 aliphatic carbocycles. The van der Waals surface area contributed by atoms with Crippen molar-refractivity contribution in [3.8, 4) is 5.75 Å². The van der Waals surface area contributed by atoms with Crippen molar-refractivity contribution >= 4 is 38.9 Å². The van der Waals surface area contributed by atoms with Crippen LogP contribution in [-0.2, 0) is 21.2 Å². The summed E-state index contributed by atoms with van der Waals surface area (Å²) in [5.74, 6) is 0.0156. The Morgan fingerprint density at radius 2 is 1.92 bits per heavy atom. The van der Waals surface area contributed by atoms with Crippen molar-refractivity contribution in [2.24, 2.45) is 0 Å². The first-order valence-electron chi connectivity index (χ1n) is 7.95. The normalized spacial score (nSPS) is 11.1. The van der Waals surface area contributed by atoms with Gasteiger partial charge in [-0.05, 0) is 36.2 Å². The Bertz CT molecular complexity index is 900. The minimum absolute atomic E-state index is 0.334. The van der Waals surface area contributed by atoms with Gasteiger partial charge >= 0.3 is 0 Å². The lowest BCUT2D eigenvalue weighted by Crippen LogP contribution is -2.38. The average molecular weight is 397 g/mol. The number of amides is 1. The molecule has 0 radical (unpaired) electrons. The molecule has 1 amide bonds. The van der Waals surface area contributed by atoms with E-state index in [4.69, 9.17) is 16.3 Å². The third kappa shape index (κ3) is 4.89. The molecule has 0 unspecified atom stereocenters. The summed E-state index contributed by atoms with van der Waals surface area (Å²) in [4.78, 5) is 12.4. The van der Waals surface area contributed by atoms with Crippen molar-refractivity contribution in [3.05, 3.63) is 53.1 Å². The van der Waals surface area contributed by atoms with E-state index >= 15 is 0 Å². The third-order valence-electron chi connectivity index (χ3n) is 3.76. The first-order chi connectivity index (χ1) is 12.3. The van der Waals surface area contributed by atoms with Crippen LogP contribution in [0.15, 0.2) is 42.5 Å². The second kappa shape index (κ2) is 8.42. The number of nitrogens with zero attached hydrogens (tertiary/aromatic N) is 1. The van der Waals surface area contributed by atoms with Gasteiger partial charge in [0.05, 0.1) is 24.1 Å². The molecule has 26 heavy (non-hydrogen) atoms. The zero-order chi connectivity index (χ0) is 19.3. The fraction of sp³-hybridized carbons (Fsp3) is 0.278. The van der Waals surface area contributed by atoms with Gasteiger partial charge in [-0.2, -0.15) is 0 Å². The molecule has 2 aromatic carbocycles. The molecule has 0 aliphatic heterocycles. The van der Waals surface area contributed by atoms with Crippen LogP contribution < -0.4 is 14.4 Å². The minimum atomic E-state index is -3.63. The quantitative estimate of drug-likeness (QED) is 0.778. The molecule has 2 aromatic rings. The van der Waals surface area contributed by atoms with Gasteiger partial charge in [-0.15, -0.1) is 0 Å². The van der Waals surface area contributed by atoms with Gasteiger partial charge < -0.3 is 10.1 Å². The van der Waals surface area contributed by atoms with Crippen LogP contribution in [0, 0.1) is 0 Å². The maximum atomic E-state index is 12.4. The fourth-order valence-electron chi connectivity index (χ4n) is 2.51. The number of ether oxygens (including phenoxy) is 1. The van der Waals surface area contributed by atoms with Gasteiger partial charge in [-0.25, -0.2) is 8.42 Å². The summed E-state index contributed by atoms with van der Waals surface area (Å²) in [6.45, 7) is 1.60. The number of benzene rings is 2. The lowest BCUT2D eigenvalue weighted by atomic mass is 10.1. The Morgan fingerprint density at radius 1 is 1.23 bits per heavy atom. The van der Waals surface area contributed by atoms with Crippen molar-refractivity contribution in [3.63, 3.8) is 0 Å². The van der Waals surface area contributed by atoms with Gasteiger partial charge in [-0.3, -0.25) is 9.10 Å². The predicted octanol–water partition coefficient (Wildman–Crippen LogP) is 3.32. The maximum absolute atomic E-state index is 12.4. The van der Waals surface area contributed by atoms with E-state index in [1.54, 1.807) is 30.3 Å². The molecule has 8 heteroatoms. The first kappa shape index (κ1) is 20.1. The number of nitrogens with one attached hydrogen (secondary N) is 1. The van der Waals surface area contributed by atoms with Crippen LogP contribution in [0.1, 0.15) is 12.5 Å². The van der Waals surface area contributed by atoms with Crippen LogP contribution in [0.2, 0.25) is 5.02 Å². The molecule has 0 spiro atoms. The maximum Gasteiger partial charge on any atom is 0.245 e. The van der Waals surface area contributed by atoms with E-state index in [0.717, 1.165) is 16.1 Å². The second-order valence-electron chi connectivity index (χ2n) is 5.65. The van der Waals surface area contributed by atoms with E-state index in [0.29, 0.717) is 28.6 Å². The van der Waals surface area contributed by atoms with Gasteiger partial charge in [0.2, 0.25) is 15.9 Å². The van der Waals surface area contributed by atoms with Crippen molar-refractivity contribution in [1.82, 2.24) is 0 Å². The lowest BCUT2D eigenvalue weighted by molar-refractivity contribution is -0.114. The number of halogens is 1. The molecule has 6 nitrogen and oxygen atoms in total. The number of para-hydroxylation sites is 1. The molecule has 0 saturated heterocycles. The van der Waals surface area contributed by atoms with Gasteiger partial charge in [0.15, 0.2) is 0 Å². The molecule has 140 valence electrons. The predicted molar refractivity (Wildman–Crippen MR) is 105 cm³/mol. The summed E-state index contributed by atoms with van der Waals surface area (Å²) < 4.78 is 30.6. The van der Waals surface area contributed by atoms with E-state index in [1.807, 2.05) is 19.1 Å². The third-order valence-corrected chi connectivity index (χ3v) is 5.19. The van der Waals surface area contributed by atoms with Gasteiger partial charge in [0, 0.05) is 5.69 Å². The van der Waals surface area contributed by atoms with Gasteiger partial charge in [0.25, 0.3) is 0 Å². The summed E-state index contributed by atoms with van der Waals surface area (Å²) in [5, 5.41) is 3.01.